The Balaban J connectivity index is 2.35. The molecule has 1 saturated heterocycles. The fourth-order valence-electron chi connectivity index (χ4n) is 0.985. The highest BCUT2D eigenvalue weighted by Crippen LogP contribution is 2.04. The summed E-state index contributed by atoms with van der Waals surface area (Å²) in [6, 6.07) is -0.917. The standard InChI is InChI=1S/C7H12N6O2/c1-12-4-5-13(7(12)15)10-3-2-9-11-6(8)14/h2-3H,4-5H2,1H3,(H3,8,11,14)/b9-2+,10-3+. The molecule has 0 saturated carbocycles. The van der Waals surface area contributed by atoms with Gasteiger partial charge in [0, 0.05) is 13.6 Å². The fraction of sp³-hybridized carbons (Fsp3) is 0.429. The number of nitrogens with one attached hydrogen (secondary N) is 1. The molecule has 15 heavy (non-hydrogen) atoms. The Hall–Kier alpha value is -2.12. The van der Waals surface area contributed by atoms with E-state index < -0.39 is 6.03 Å². The number of hydrazone groups is 2. The summed E-state index contributed by atoms with van der Waals surface area (Å²) < 4.78 is 0. The number of urea groups is 2. The van der Waals surface area contributed by atoms with Gasteiger partial charge >= 0.3 is 12.1 Å². The van der Waals surface area contributed by atoms with Crippen molar-refractivity contribution < 1.29 is 9.59 Å². The van der Waals surface area contributed by atoms with Crippen molar-refractivity contribution in [2.45, 2.75) is 0 Å². The second kappa shape index (κ2) is 4.94. The van der Waals surface area contributed by atoms with Crippen molar-refractivity contribution in [2.75, 3.05) is 20.1 Å². The number of hydrogen-bond acceptors (Lipinski definition) is 4. The Morgan fingerprint density at radius 3 is 2.80 bits per heavy atom. The van der Waals surface area contributed by atoms with Crippen LogP contribution >= 0.6 is 0 Å². The highest BCUT2D eigenvalue weighted by atomic mass is 16.2. The lowest BCUT2D eigenvalue weighted by Crippen LogP contribution is -2.26. The van der Waals surface area contributed by atoms with Crippen molar-refractivity contribution in [1.82, 2.24) is 15.3 Å². The Morgan fingerprint density at radius 1 is 1.53 bits per heavy atom. The van der Waals surface area contributed by atoms with Crippen LogP contribution < -0.4 is 11.2 Å². The number of nitrogens with zero attached hydrogens (tertiary/aromatic N) is 4. The van der Waals surface area contributed by atoms with Crippen molar-refractivity contribution in [2.24, 2.45) is 15.9 Å². The van der Waals surface area contributed by atoms with Gasteiger partial charge in [-0.15, -0.1) is 0 Å². The molecule has 0 spiro atoms. The summed E-state index contributed by atoms with van der Waals surface area (Å²) in [5.41, 5.74) is 6.75. The molecule has 0 aromatic rings. The van der Waals surface area contributed by atoms with Crippen LogP contribution in [0.2, 0.25) is 0 Å². The van der Waals surface area contributed by atoms with E-state index in [4.69, 9.17) is 5.73 Å². The van der Waals surface area contributed by atoms with Crippen LogP contribution in [0, 0.1) is 0 Å². The van der Waals surface area contributed by atoms with Crippen molar-refractivity contribution in [3.05, 3.63) is 0 Å². The predicted molar refractivity (Wildman–Crippen MR) is 54.4 cm³/mol. The molecule has 1 aliphatic heterocycles. The molecule has 0 bridgehead atoms. The van der Waals surface area contributed by atoms with Crippen LogP contribution in [0.5, 0.6) is 0 Å². The van der Waals surface area contributed by atoms with Gasteiger partial charge in [-0.2, -0.15) is 10.2 Å². The van der Waals surface area contributed by atoms with E-state index >= 15 is 0 Å². The zero-order chi connectivity index (χ0) is 11.3. The largest absolute Gasteiger partial charge is 0.350 e. The minimum Gasteiger partial charge on any atom is -0.350 e. The summed E-state index contributed by atoms with van der Waals surface area (Å²) in [6.07, 6.45) is 2.53. The summed E-state index contributed by atoms with van der Waals surface area (Å²) in [4.78, 5) is 23.0. The van der Waals surface area contributed by atoms with Gasteiger partial charge in [0.05, 0.1) is 19.0 Å². The summed E-state index contributed by atoms with van der Waals surface area (Å²) in [5, 5.41) is 8.55. The van der Waals surface area contributed by atoms with E-state index in [-0.39, 0.29) is 6.03 Å². The molecule has 8 heteroatoms. The van der Waals surface area contributed by atoms with E-state index in [1.165, 1.54) is 17.4 Å². The van der Waals surface area contributed by atoms with Crippen LogP contribution in [0.1, 0.15) is 0 Å². The second-order valence-electron chi connectivity index (χ2n) is 2.85. The van der Waals surface area contributed by atoms with E-state index in [2.05, 4.69) is 10.2 Å². The highest BCUT2D eigenvalue weighted by Gasteiger charge is 2.24. The van der Waals surface area contributed by atoms with Gasteiger partial charge in [-0.25, -0.2) is 20.0 Å². The van der Waals surface area contributed by atoms with Crippen LogP contribution in [-0.2, 0) is 0 Å². The molecule has 0 aliphatic carbocycles. The summed E-state index contributed by atoms with van der Waals surface area (Å²) in [6.45, 7) is 1.19. The molecule has 1 aliphatic rings. The first-order valence-electron chi connectivity index (χ1n) is 4.25. The van der Waals surface area contributed by atoms with Gasteiger partial charge in [0.1, 0.15) is 0 Å². The smallest absolute Gasteiger partial charge is 0.340 e. The minimum absolute atomic E-state index is 0.164. The number of likely N-dealkylation sites (N-methyl/N-ethyl adjacent to an activating group) is 1. The fourth-order valence-corrected chi connectivity index (χ4v) is 0.985. The first-order chi connectivity index (χ1) is 7.11. The molecule has 8 nitrogen and oxygen atoms in total. The number of nitrogens with two attached hydrogens (primary N) is 1. The first-order valence-corrected chi connectivity index (χ1v) is 4.25. The van der Waals surface area contributed by atoms with Crippen LogP contribution in [0.25, 0.3) is 0 Å². The number of primary amides is 1. The van der Waals surface area contributed by atoms with Crippen molar-refractivity contribution >= 4 is 24.5 Å². The maximum Gasteiger partial charge on any atom is 0.340 e. The number of carbonyl (C=O) groups is 2. The molecule has 0 aromatic heterocycles. The molecule has 3 N–H and O–H groups in total. The molecule has 1 fully saturated rings. The zero-order valence-corrected chi connectivity index (χ0v) is 8.25. The molecule has 0 atom stereocenters. The van der Waals surface area contributed by atoms with Gasteiger partial charge in [0.15, 0.2) is 0 Å². The van der Waals surface area contributed by atoms with E-state index in [1.54, 1.807) is 11.9 Å². The highest BCUT2D eigenvalue weighted by molar-refractivity contribution is 6.16. The molecule has 1 rings (SSSR count). The minimum atomic E-state index is -0.753. The summed E-state index contributed by atoms with van der Waals surface area (Å²) >= 11 is 0. The Morgan fingerprint density at radius 2 is 2.27 bits per heavy atom. The van der Waals surface area contributed by atoms with Gasteiger partial charge in [-0.1, -0.05) is 0 Å². The summed E-state index contributed by atoms with van der Waals surface area (Å²) in [7, 11) is 1.70. The number of hydrogen-bond donors (Lipinski definition) is 2. The van der Waals surface area contributed by atoms with Gasteiger partial charge in [-0.3, -0.25) is 0 Å². The van der Waals surface area contributed by atoms with Gasteiger partial charge in [0.25, 0.3) is 0 Å². The molecule has 0 unspecified atom stereocenters. The lowest BCUT2D eigenvalue weighted by molar-refractivity contribution is 0.200. The third kappa shape index (κ3) is 3.25. The van der Waals surface area contributed by atoms with Gasteiger partial charge < -0.3 is 10.6 Å². The van der Waals surface area contributed by atoms with Crippen molar-refractivity contribution in [1.29, 1.82) is 0 Å². The lowest BCUT2D eigenvalue weighted by Gasteiger charge is -2.08. The predicted octanol–water partition coefficient (Wildman–Crippen LogP) is -1.01. The number of rotatable bonds is 3. The second-order valence-corrected chi connectivity index (χ2v) is 2.85. The van der Waals surface area contributed by atoms with Crippen LogP contribution in [-0.4, -0.2) is 54.5 Å². The maximum absolute atomic E-state index is 11.3. The average molecular weight is 212 g/mol. The Kier molecular flexibility index (Phi) is 3.61. The monoisotopic (exact) mass is 212 g/mol. The zero-order valence-electron chi connectivity index (χ0n) is 8.25. The Bertz CT molecular complexity index is 313. The quantitative estimate of drug-likeness (QED) is 0.462. The SMILES string of the molecule is CN1CCN(/N=C/C=N/NC(N)=O)C1=O. The molecule has 1 heterocycles. The van der Waals surface area contributed by atoms with E-state index in [0.717, 1.165) is 0 Å². The normalized spacial score (nSPS) is 17.0. The molecular formula is C7H12N6O2. The van der Waals surface area contributed by atoms with E-state index in [0.29, 0.717) is 13.1 Å². The van der Waals surface area contributed by atoms with E-state index in [9.17, 15) is 9.59 Å². The van der Waals surface area contributed by atoms with E-state index in [1.807, 2.05) is 5.43 Å². The summed E-state index contributed by atoms with van der Waals surface area (Å²) in [5.74, 6) is 0. The third-order valence-corrected chi connectivity index (χ3v) is 1.72. The molecule has 0 radical (unpaired) electrons. The molecule has 82 valence electrons. The number of carbonyl (C=O) groups excluding carboxylic acids is 2. The molecular weight excluding hydrogens is 200 g/mol. The number of amides is 4. The van der Waals surface area contributed by atoms with Gasteiger partial charge in [0.2, 0.25) is 0 Å². The molecule has 4 amide bonds. The van der Waals surface area contributed by atoms with Crippen LogP contribution in [0.3, 0.4) is 0 Å². The third-order valence-electron chi connectivity index (χ3n) is 1.72. The maximum atomic E-state index is 11.3. The average Bonchev–Trinajstić information content (AvgIpc) is 2.48. The lowest BCUT2D eigenvalue weighted by atomic mass is 10.6. The van der Waals surface area contributed by atoms with Crippen molar-refractivity contribution in [3.8, 4) is 0 Å². The first kappa shape index (κ1) is 11.0. The Labute approximate surface area is 86.4 Å². The van der Waals surface area contributed by atoms with Crippen LogP contribution in [0.15, 0.2) is 10.2 Å². The molecule has 0 aromatic carbocycles. The van der Waals surface area contributed by atoms with Crippen LogP contribution in [0.4, 0.5) is 9.59 Å². The van der Waals surface area contributed by atoms with Crippen molar-refractivity contribution in [3.63, 3.8) is 0 Å². The topological polar surface area (TPSA) is 103 Å². The van der Waals surface area contributed by atoms with Gasteiger partial charge in [-0.05, 0) is 0 Å².